The van der Waals surface area contributed by atoms with E-state index in [1.165, 1.54) is 21.5 Å². The molecule has 0 saturated carbocycles. The van der Waals surface area contributed by atoms with Gasteiger partial charge in [-0.2, -0.15) is 0 Å². The number of phenolic OH excluding ortho intramolecular Hbond substituents is 1. The number of hydrogen-bond acceptors (Lipinski definition) is 2. The van der Waals surface area contributed by atoms with Crippen molar-refractivity contribution < 1.29 is 5.11 Å². The van der Waals surface area contributed by atoms with Crippen LogP contribution in [0.3, 0.4) is 0 Å². The number of benzene rings is 4. The Morgan fingerprint density at radius 2 is 1.12 bits per heavy atom. The second-order valence-corrected chi connectivity index (χ2v) is 16.1. The first-order valence-corrected chi connectivity index (χ1v) is 15.7. The van der Waals surface area contributed by atoms with Crippen molar-refractivity contribution in [2.45, 2.75) is 79.2 Å². The zero-order valence-corrected chi connectivity index (χ0v) is 26.6. The zero-order valence-electron chi connectivity index (χ0n) is 25.7. The summed E-state index contributed by atoms with van der Waals surface area (Å²) in [7, 11) is -0.784. The van der Waals surface area contributed by atoms with Gasteiger partial charge >= 0.3 is 0 Å². The van der Waals surface area contributed by atoms with Gasteiger partial charge in [-0.3, -0.25) is 0 Å². The third kappa shape index (κ3) is 6.61. The SMILES string of the molecule is CC(C)(C)c1cc(C(Nc2ccccc2P(c2ccccc2)c2ccccc2)C(C)(C)C)c(O)c(C(C)(C)C)c1. The quantitative estimate of drug-likeness (QED) is 0.235. The van der Waals surface area contributed by atoms with E-state index in [-0.39, 0.29) is 22.3 Å². The highest BCUT2D eigenvalue weighted by Gasteiger charge is 2.34. The summed E-state index contributed by atoms with van der Waals surface area (Å²) in [6.07, 6.45) is 0. The lowest BCUT2D eigenvalue weighted by Gasteiger charge is -2.37. The first-order valence-electron chi connectivity index (χ1n) is 14.3. The van der Waals surface area contributed by atoms with Crippen LogP contribution in [0, 0.1) is 5.41 Å². The van der Waals surface area contributed by atoms with E-state index in [9.17, 15) is 5.11 Å². The van der Waals surface area contributed by atoms with E-state index in [4.69, 9.17) is 0 Å². The molecule has 3 heteroatoms. The standard InChI is InChI=1S/C37H46NOP/c1-35(2,3)26-24-29(33(39)30(25-26)36(4,5)6)34(37(7,8)9)38-31-22-16-17-23-32(31)40(27-18-12-10-13-19-27)28-20-14-11-15-21-28/h10-25,34,38-39H,1-9H3. The van der Waals surface area contributed by atoms with Crippen LogP contribution in [-0.2, 0) is 10.8 Å². The van der Waals surface area contributed by atoms with Crippen molar-refractivity contribution in [3.05, 3.63) is 114 Å². The van der Waals surface area contributed by atoms with E-state index in [2.05, 4.69) is 165 Å². The third-order valence-corrected chi connectivity index (χ3v) is 9.96. The Bertz CT molecular complexity index is 1380. The van der Waals surface area contributed by atoms with Crippen LogP contribution in [0.25, 0.3) is 0 Å². The van der Waals surface area contributed by atoms with Crippen molar-refractivity contribution in [1.82, 2.24) is 0 Å². The van der Waals surface area contributed by atoms with Gasteiger partial charge in [0.1, 0.15) is 5.75 Å². The highest BCUT2D eigenvalue weighted by molar-refractivity contribution is 7.80. The van der Waals surface area contributed by atoms with Crippen molar-refractivity contribution in [3.63, 3.8) is 0 Å². The number of hydrogen-bond donors (Lipinski definition) is 2. The molecule has 0 amide bonds. The lowest BCUT2D eigenvalue weighted by molar-refractivity contribution is 0.334. The fraction of sp³-hybridized carbons (Fsp3) is 0.351. The van der Waals surface area contributed by atoms with Crippen molar-refractivity contribution in [1.29, 1.82) is 0 Å². The molecule has 40 heavy (non-hydrogen) atoms. The molecule has 0 aromatic heterocycles. The van der Waals surface area contributed by atoms with Crippen molar-refractivity contribution in [3.8, 4) is 5.75 Å². The van der Waals surface area contributed by atoms with Gasteiger partial charge in [0, 0.05) is 16.6 Å². The van der Waals surface area contributed by atoms with Gasteiger partial charge in [-0.1, -0.05) is 147 Å². The number of rotatable bonds is 6. The molecule has 0 aliphatic heterocycles. The van der Waals surface area contributed by atoms with Crippen LogP contribution in [-0.4, -0.2) is 5.11 Å². The lowest BCUT2D eigenvalue weighted by atomic mass is 9.74. The molecule has 0 saturated heterocycles. The van der Waals surface area contributed by atoms with Gasteiger partial charge in [-0.05, 0) is 58.0 Å². The van der Waals surface area contributed by atoms with Crippen LogP contribution >= 0.6 is 7.92 Å². The van der Waals surface area contributed by atoms with Crippen LogP contribution in [0.2, 0.25) is 0 Å². The second kappa shape index (κ2) is 11.4. The maximum absolute atomic E-state index is 11.8. The Morgan fingerprint density at radius 3 is 1.60 bits per heavy atom. The minimum Gasteiger partial charge on any atom is -0.507 e. The van der Waals surface area contributed by atoms with Gasteiger partial charge in [0.25, 0.3) is 0 Å². The summed E-state index contributed by atoms with van der Waals surface area (Å²) < 4.78 is 0. The maximum atomic E-state index is 11.8. The molecule has 210 valence electrons. The van der Waals surface area contributed by atoms with Gasteiger partial charge < -0.3 is 10.4 Å². The summed E-state index contributed by atoms with van der Waals surface area (Å²) in [5.74, 6) is 0.402. The Kier molecular flexibility index (Phi) is 8.53. The minimum absolute atomic E-state index is 0.0439. The molecular formula is C37H46NOP. The monoisotopic (exact) mass is 551 g/mol. The molecule has 0 aliphatic rings. The average Bonchev–Trinajstić information content (AvgIpc) is 2.88. The van der Waals surface area contributed by atoms with E-state index in [1.807, 2.05) is 0 Å². The number of nitrogens with one attached hydrogen (secondary N) is 1. The van der Waals surface area contributed by atoms with E-state index in [0.29, 0.717) is 5.75 Å². The normalized spacial score (nSPS) is 13.3. The second-order valence-electron chi connectivity index (χ2n) is 13.9. The molecule has 0 spiro atoms. The summed E-state index contributed by atoms with van der Waals surface area (Å²) in [6.45, 7) is 20.0. The number of para-hydroxylation sites is 1. The third-order valence-electron chi connectivity index (χ3n) is 7.46. The molecular weight excluding hydrogens is 505 g/mol. The highest BCUT2D eigenvalue weighted by Crippen LogP contribution is 2.46. The predicted octanol–water partition coefficient (Wildman–Crippen LogP) is 8.94. The molecule has 4 aromatic rings. The van der Waals surface area contributed by atoms with Gasteiger partial charge in [0.05, 0.1) is 6.04 Å². The first kappa shape index (κ1) is 29.9. The number of aromatic hydroxyl groups is 1. The molecule has 1 unspecified atom stereocenters. The summed E-state index contributed by atoms with van der Waals surface area (Å²) in [4.78, 5) is 0. The fourth-order valence-corrected chi connectivity index (χ4v) is 7.58. The van der Waals surface area contributed by atoms with Crippen LogP contribution in [0.1, 0.15) is 85.0 Å². The number of anilines is 1. The number of phenols is 1. The first-order chi connectivity index (χ1) is 18.7. The van der Waals surface area contributed by atoms with E-state index < -0.39 is 7.92 Å². The Morgan fingerprint density at radius 1 is 0.625 bits per heavy atom. The van der Waals surface area contributed by atoms with Crippen molar-refractivity contribution >= 4 is 29.5 Å². The molecule has 4 rings (SSSR count). The molecule has 4 aromatic carbocycles. The van der Waals surface area contributed by atoms with Gasteiger partial charge in [-0.25, -0.2) is 0 Å². The Hall–Kier alpha value is -3.09. The topological polar surface area (TPSA) is 32.3 Å². The molecule has 0 bridgehead atoms. The predicted molar refractivity (Wildman–Crippen MR) is 176 cm³/mol. The van der Waals surface area contributed by atoms with E-state index in [0.717, 1.165) is 16.8 Å². The molecule has 0 aliphatic carbocycles. The summed E-state index contributed by atoms with van der Waals surface area (Å²) in [5, 5.41) is 19.7. The molecule has 0 heterocycles. The van der Waals surface area contributed by atoms with Crippen LogP contribution in [0.15, 0.2) is 97.1 Å². The van der Waals surface area contributed by atoms with Crippen LogP contribution < -0.4 is 21.2 Å². The Balaban J connectivity index is 1.91. The molecule has 1 atom stereocenters. The van der Waals surface area contributed by atoms with Crippen molar-refractivity contribution in [2.24, 2.45) is 5.41 Å². The van der Waals surface area contributed by atoms with Crippen molar-refractivity contribution in [2.75, 3.05) is 5.32 Å². The maximum Gasteiger partial charge on any atom is 0.124 e. The summed E-state index contributed by atoms with van der Waals surface area (Å²) >= 11 is 0. The minimum atomic E-state index is -0.784. The van der Waals surface area contributed by atoms with E-state index in [1.54, 1.807) is 0 Å². The molecule has 2 nitrogen and oxygen atoms in total. The van der Waals surface area contributed by atoms with Gasteiger partial charge in [0.15, 0.2) is 0 Å². The molecule has 2 N–H and O–H groups in total. The lowest BCUT2D eigenvalue weighted by Crippen LogP contribution is -2.30. The Labute approximate surface area is 243 Å². The van der Waals surface area contributed by atoms with Crippen LogP contribution in [0.4, 0.5) is 5.69 Å². The zero-order chi connectivity index (χ0) is 29.3. The largest absolute Gasteiger partial charge is 0.507 e. The summed E-state index contributed by atoms with van der Waals surface area (Å²) in [5.41, 5.74) is 3.91. The molecule has 0 radical (unpaired) electrons. The fourth-order valence-electron chi connectivity index (χ4n) is 5.17. The van der Waals surface area contributed by atoms with Gasteiger partial charge in [-0.15, -0.1) is 0 Å². The highest BCUT2D eigenvalue weighted by atomic mass is 31.1. The van der Waals surface area contributed by atoms with E-state index >= 15 is 0 Å². The summed E-state index contributed by atoms with van der Waals surface area (Å²) in [6, 6.07) is 34.7. The van der Waals surface area contributed by atoms with Crippen LogP contribution in [0.5, 0.6) is 5.75 Å². The molecule has 0 fully saturated rings. The van der Waals surface area contributed by atoms with Gasteiger partial charge in [0.2, 0.25) is 0 Å². The smallest absolute Gasteiger partial charge is 0.124 e. The average molecular weight is 552 g/mol.